The maximum Gasteiger partial charge on any atom is 0.0156 e. The minimum atomic E-state index is 0.542. The van der Waals surface area contributed by atoms with Crippen molar-refractivity contribution in [3.63, 3.8) is 0 Å². The van der Waals surface area contributed by atoms with E-state index in [1.807, 2.05) is 6.20 Å². The Labute approximate surface area is 89.5 Å². The number of allylic oxidation sites excluding steroid dienone is 1. The van der Waals surface area contributed by atoms with Crippen LogP contribution in [-0.2, 0) is 6.42 Å². The van der Waals surface area contributed by atoms with Gasteiger partial charge in [0.15, 0.2) is 0 Å². The van der Waals surface area contributed by atoms with Crippen LogP contribution in [0.25, 0.3) is 6.08 Å². The number of hydrogen-bond acceptors (Lipinski definition) is 0. The Morgan fingerprint density at radius 1 is 1.07 bits per heavy atom. The van der Waals surface area contributed by atoms with Gasteiger partial charge in [0.2, 0.25) is 0 Å². The van der Waals surface area contributed by atoms with E-state index in [2.05, 4.69) is 53.5 Å². The van der Waals surface area contributed by atoms with Crippen LogP contribution in [-0.4, -0.2) is 4.98 Å². The third-order valence-corrected chi connectivity index (χ3v) is 3.01. The molecular weight excluding hydrogens is 182 g/mol. The third kappa shape index (κ3) is 1.50. The number of H-pyrrole nitrogens is 1. The fraction of sp³-hybridized carbons (Fsp3) is 0.143. The number of aromatic nitrogens is 1. The standard InChI is InChI=1S/C14H13N/c1-2-6-14-11(4-1)7-8-12(14)10-13-5-3-9-15-13/h1-9,12,15H,10H2. The van der Waals surface area contributed by atoms with E-state index in [0.29, 0.717) is 5.92 Å². The van der Waals surface area contributed by atoms with Gasteiger partial charge in [0.1, 0.15) is 0 Å². The molecule has 0 spiro atoms. The first-order valence-corrected chi connectivity index (χ1v) is 5.33. The summed E-state index contributed by atoms with van der Waals surface area (Å²) in [7, 11) is 0. The largest absolute Gasteiger partial charge is 0.365 e. The van der Waals surface area contributed by atoms with Gasteiger partial charge in [-0.25, -0.2) is 0 Å². The van der Waals surface area contributed by atoms with Crippen molar-refractivity contribution >= 4 is 6.08 Å². The topological polar surface area (TPSA) is 15.8 Å². The highest BCUT2D eigenvalue weighted by Crippen LogP contribution is 2.31. The second-order valence-corrected chi connectivity index (χ2v) is 3.99. The molecular formula is C14H13N. The highest BCUT2D eigenvalue weighted by Gasteiger charge is 2.16. The van der Waals surface area contributed by atoms with Crippen LogP contribution in [0, 0.1) is 0 Å². The first-order valence-electron chi connectivity index (χ1n) is 5.33. The molecule has 15 heavy (non-hydrogen) atoms. The molecule has 74 valence electrons. The average molecular weight is 195 g/mol. The number of benzene rings is 1. The molecule has 0 saturated carbocycles. The van der Waals surface area contributed by atoms with Gasteiger partial charge in [0.05, 0.1) is 0 Å². The molecule has 0 fully saturated rings. The first kappa shape index (κ1) is 8.54. The van der Waals surface area contributed by atoms with Crippen LogP contribution in [0.3, 0.4) is 0 Å². The fourth-order valence-corrected chi connectivity index (χ4v) is 2.23. The second kappa shape index (κ2) is 3.43. The van der Waals surface area contributed by atoms with Crippen LogP contribution < -0.4 is 0 Å². The number of rotatable bonds is 2. The molecule has 0 aliphatic heterocycles. The zero-order valence-electron chi connectivity index (χ0n) is 8.48. The van der Waals surface area contributed by atoms with Gasteiger partial charge in [-0.1, -0.05) is 36.4 Å². The second-order valence-electron chi connectivity index (χ2n) is 3.99. The molecule has 1 N–H and O–H groups in total. The Bertz CT molecular complexity index is 480. The molecule has 1 aliphatic carbocycles. The smallest absolute Gasteiger partial charge is 0.0156 e. The van der Waals surface area contributed by atoms with Crippen molar-refractivity contribution in [2.75, 3.05) is 0 Å². The third-order valence-electron chi connectivity index (χ3n) is 3.01. The van der Waals surface area contributed by atoms with E-state index < -0.39 is 0 Å². The summed E-state index contributed by atoms with van der Waals surface area (Å²) in [4.78, 5) is 3.26. The summed E-state index contributed by atoms with van der Waals surface area (Å²) in [5, 5.41) is 0. The Morgan fingerprint density at radius 3 is 2.87 bits per heavy atom. The van der Waals surface area contributed by atoms with Crippen molar-refractivity contribution in [3.05, 3.63) is 65.5 Å². The van der Waals surface area contributed by atoms with Crippen LogP contribution >= 0.6 is 0 Å². The van der Waals surface area contributed by atoms with Gasteiger partial charge < -0.3 is 4.98 Å². The molecule has 1 atom stereocenters. The highest BCUT2D eigenvalue weighted by molar-refractivity contribution is 5.62. The van der Waals surface area contributed by atoms with Gasteiger partial charge in [-0.2, -0.15) is 0 Å². The van der Waals surface area contributed by atoms with Crippen molar-refractivity contribution < 1.29 is 0 Å². The van der Waals surface area contributed by atoms with Crippen molar-refractivity contribution in [2.45, 2.75) is 12.3 Å². The quantitative estimate of drug-likeness (QED) is 0.756. The summed E-state index contributed by atoms with van der Waals surface area (Å²) in [5.74, 6) is 0.542. The van der Waals surface area contributed by atoms with E-state index in [1.54, 1.807) is 0 Å². The number of aromatic amines is 1. The lowest BCUT2D eigenvalue weighted by Gasteiger charge is -2.09. The molecule has 3 rings (SSSR count). The van der Waals surface area contributed by atoms with Gasteiger partial charge in [0.25, 0.3) is 0 Å². The molecule has 1 aliphatic rings. The minimum absolute atomic E-state index is 0.542. The predicted octanol–water partition coefficient (Wildman–Crippen LogP) is 3.37. The summed E-state index contributed by atoms with van der Waals surface area (Å²) >= 11 is 0. The summed E-state index contributed by atoms with van der Waals surface area (Å²) in [6.07, 6.45) is 7.58. The Kier molecular flexibility index (Phi) is 1.95. The molecule has 0 amide bonds. The maximum atomic E-state index is 3.26. The number of nitrogens with one attached hydrogen (secondary N) is 1. The van der Waals surface area contributed by atoms with Crippen molar-refractivity contribution in [3.8, 4) is 0 Å². The average Bonchev–Trinajstić information content (AvgIpc) is 2.89. The van der Waals surface area contributed by atoms with E-state index in [4.69, 9.17) is 0 Å². The van der Waals surface area contributed by atoms with Gasteiger partial charge in [-0.15, -0.1) is 0 Å². The zero-order valence-corrected chi connectivity index (χ0v) is 8.48. The van der Waals surface area contributed by atoms with E-state index >= 15 is 0 Å². The Hall–Kier alpha value is -1.76. The van der Waals surface area contributed by atoms with E-state index in [9.17, 15) is 0 Å². The normalized spacial score (nSPS) is 18.0. The molecule has 1 aromatic heterocycles. The van der Waals surface area contributed by atoms with Crippen LogP contribution in [0.2, 0.25) is 0 Å². The molecule has 0 saturated heterocycles. The molecule has 2 aromatic rings. The lowest BCUT2D eigenvalue weighted by atomic mass is 9.96. The lowest BCUT2D eigenvalue weighted by Crippen LogP contribution is -1.98. The first-order chi connectivity index (χ1) is 7.43. The van der Waals surface area contributed by atoms with Crippen molar-refractivity contribution in [2.24, 2.45) is 0 Å². The van der Waals surface area contributed by atoms with Crippen LogP contribution in [0.15, 0.2) is 48.7 Å². The van der Waals surface area contributed by atoms with Crippen molar-refractivity contribution in [1.29, 1.82) is 0 Å². The number of hydrogen-bond donors (Lipinski definition) is 1. The zero-order chi connectivity index (χ0) is 10.1. The monoisotopic (exact) mass is 195 g/mol. The lowest BCUT2D eigenvalue weighted by molar-refractivity contribution is 0.828. The number of fused-ring (bicyclic) bond motifs is 1. The van der Waals surface area contributed by atoms with Gasteiger partial charge >= 0.3 is 0 Å². The molecule has 0 radical (unpaired) electrons. The molecule has 1 unspecified atom stereocenters. The summed E-state index contributed by atoms with van der Waals surface area (Å²) < 4.78 is 0. The molecule has 1 aromatic carbocycles. The van der Waals surface area contributed by atoms with Crippen LogP contribution in [0.5, 0.6) is 0 Å². The van der Waals surface area contributed by atoms with Crippen LogP contribution in [0.4, 0.5) is 0 Å². The predicted molar refractivity (Wildman–Crippen MR) is 62.7 cm³/mol. The van der Waals surface area contributed by atoms with Gasteiger partial charge in [0, 0.05) is 17.8 Å². The Morgan fingerprint density at radius 2 is 2.00 bits per heavy atom. The van der Waals surface area contributed by atoms with Crippen LogP contribution in [0.1, 0.15) is 22.7 Å². The van der Waals surface area contributed by atoms with Gasteiger partial charge in [-0.3, -0.25) is 0 Å². The summed E-state index contributed by atoms with van der Waals surface area (Å²) in [5.41, 5.74) is 4.13. The fourth-order valence-electron chi connectivity index (χ4n) is 2.23. The molecule has 1 nitrogen and oxygen atoms in total. The molecule has 0 bridgehead atoms. The van der Waals surface area contributed by atoms with E-state index in [0.717, 1.165) is 6.42 Å². The summed E-state index contributed by atoms with van der Waals surface area (Å²) in [6, 6.07) is 12.8. The SMILES string of the molecule is C1=CC(Cc2ccc[nH]2)c2ccccc21. The summed E-state index contributed by atoms with van der Waals surface area (Å²) in [6.45, 7) is 0. The molecule has 1 heterocycles. The van der Waals surface area contributed by atoms with Crippen molar-refractivity contribution in [1.82, 2.24) is 4.98 Å². The minimum Gasteiger partial charge on any atom is -0.365 e. The highest BCUT2D eigenvalue weighted by atomic mass is 14.7. The molecule has 1 heteroatoms. The van der Waals surface area contributed by atoms with E-state index in [1.165, 1.54) is 16.8 Å². The maximum absolute atomic E-state index is 3.26. The van der Waals surface area contributed by atoms with Gasteiger partial charge in [-0.05, 0) is 29.7 Å². The van der Waals surface area contributed by atoms with E-state index in [-0.39, 0.29) is 0 Å². The Balaban J connectivity index is 1.89.